The summed E-state index contributed by atoms with van der Waals surface area (Å²) in [4.78, 5) is 36.6. The van der Waals surface area contributed by atoms with Crippen molar-refractivity contribution in [1.82, 2.24) is 19.9 Å². The molecule has 1 amide bonds. The molecule has 6 nitrogen and oxygen atoms in total. The van der Waals surface area contributed by atoms with Crippen LogP contribution in [0.15, 0.2) is 41.5 Å². The summed E-state index contributed by atoms with van der Waals surface area (Å²) < 4.78 is 13.4. The maximum atomic E-state index is 13.4. The van der Waals surface area contributed by atoms with Gasteiger partial charge in [0.1, 0.15) is 11.6 Å². The number of rotatable bonds is 2. The number of likely N-dealkylation sites (tertiary alicyclic amines) is 1. The standard InChI is InChI=1S/C18H17FN4O2/c19-12-3-4-13-14(9-16(24)22-15(13)8-12)18(25)23-7-1-2-11(10-23)17-20-5-6-21-17/h3-6,8-9,11H,1-2,7,10H2,(H,20,21)(H,22,24). The number of aromatic nitrogens is 3. The van der Waals surface area contributed by atoms with Crippen molar-refractivity contribution in [2.75, 3.05) is 13.1 Å². The predicted molar refractivity (Wildman–Crippen MR) is 91.0 cm³/mol. The third-order valence-corrected chi connectivity index (χ3v) is 4.65. The van der Waals surface area contributed by atoms with E-state index in [0.29, 0.717) is 29.6 Å². The van der Waals surface area contributed by atoms with E-state index in [0.717, 1.165) is 18.7 Å². The number of hydrogen-bond acceptors (Lipinski definition) is 3. The number of pyridine rings is 1. The molecule has 1 aliphatic rings. The van der Waals surface area contributed by atoms with Gasteiger partial charge in [-0.25, -0.2) is 9.37 Å². The van der Waals surface area contributed by atoms with Gasteiger partial charge in [-0.15, -0.1) is 0 Å². The second kappa shape index (κ2) is 6.16. The smallest absolute Gasteiger partial charge is 0.254 e. The molecule has 1 atom stereocenters. The summed E-state index contributed by atoms with van der Waals surface area (Å²) in [6.45, 7) is 1.17. The molecule has 1 fully saturated rings. The first-order valence-corrected chi connectivity index (χ1v) is 8.23. The average Bonchev–Trinajstić information content (AvgIpc) is 3.15. The summed E-state index contributed by atoms with van der Waals surface area (Å²) in [6.07, 6.45) is 5.30. The van der Waals surface area contributed by atoms with Crippen LogP contribution in [0.25, 0.3) is 10.9 Å². The molecule has 1 aliphatic heterocycles. The minimum atomic E-state index is -0.455. The Kier molecular flexibility index (Phi) is 3.83. The van der Waals surface area contributed by atoms with E-state index in [-0.39, 0.29) is 11.8 Å². The van der Waals surface area contributed by atoms with E-state index in [9.17, 15) is 14.0 Å². The van der Waals surface area contributed by atoms with Crippen LogP contribution in [-0.4, -0.2) is 38.8 Å². The highest BCUT2D eigenvalue weighted by molar-refractivity contribution is 6.06. The molecule has 2 aromatic heterocycles. The van der Waals surface area contributed by atoms with Gasteiger partial charge in [0.05, 0.1) is 11.1 Å². The van der Waals surface area contributed by atoms with Crippen LogP contribution in [0.1, 0.15) is 34.9 Å². The molecule has 4 rings (SSSR count). The molecule has 128 valence electrons. The Hall–Kier alpha value is -2.96. The van der Waals surface area contributed by atoms with Gasteiger partial charge in [0, 0.05) is 42.9 Å². The van der Waals surface area contributed by atoms with Crippen molar-refractivity contribution in [2.45, 2.75) is 18.8 Å². The molecule has 25 heavy (non-hydrogen) atoms. The van der Waals surface area contributed by atoms with Crippen LogP contribution in [0.4, 0.5) is 4.39 Å². The number of amides is 1. The lowest BCUT2D eigenvalue weighted by molar-refractivity contribution is 0.0706. The van der Waals surface area contributed by atoms with Crippen molar-refractivity contribution in [2.24, 2.45) is 0 Å². The summed E-state index contributed by atoms with van der Waals surface area (Å²) in [5, 5.41) is 0.547. The molecule has 0 aliphatic carbocycles. The Labute approximate surface area is 142 Å². The lowest BCUT2D eigenvalue weighted by Crippen LogP contribution is -2.39. The monoisotopic (exact) mass is 340 g/mol. The topological polar surface area (TPSA) is 81.8 Å². The summed E-state index contributed by atoms with van der Waals surface area (Å²) in [5.41, 5.74) is 0.218. The number of piperidine rings is 1. The molecule has 0 saturated carbocycles. The lowest BCUT2D eigenvalue weighted by Gasteiger charge is -2.32. The zero-order valence-corrected chi connectivity index (χ0v) is 13.5. The van der Waals surface area contributed by atoms with Crippen LogP contribution in [0.5, 0.6) is 0 Å². The van der Waals surface area contributed by atoms with E-state index in [1.165, 1.54) is 24.3 Å². The minimum absolute atomic E-state index is 0.151. The van der Waals surface area contributed by atoms with Crippen LogP contribution in [0.2, 0.25) is 0 Å². The molecule has 1 unspecified atom stereocenters. The highest BCUT2D eigenvalue weighted by Crippen LogP contribution is 2.26. The number of hydrogen-bond donors (Lipinski definition) is 2. The van der Waals surface area contributed by atoms with Crippen molar-refractivity contribution in [3.8, 4) is 0 Å². The van der Waals surface area contributed by atoms with Crippen molar-refractivity contribution < 1.29 is 9.18 Å². The second-order valence-corrected chi connectivity index (χ2v) is 6.30. The van der Waals surface area contributed by atoms with E-state index in [1.807, 2.05) is 0 Å². The molecule has 3 aromatic rings. The van der Waals surface area contributed by atoms with Gasteiger partial charge < -0.3 is 14.9 Å². The minimum Gasteiger partial charge on any atom is -0.348 e. The number of benzene rings is 1. The van der Waals surface area contributed by atoms with E-state index >= 15 is 0 Å². The Morgan fingerprint density at radius 2 is 2.20 bits per heavy atom. The first kappa shape index (κ1) is 15.6. The van der Waals surface area contributed by atoms with Crippen LogP contribution < -0.4 is 5.56 Å². The van der Waals surface area contributed by atoms with Gasteiger partial charge in [-0.2, -0.15) is 0 Å². The molecule has 2 N–H and O–H groups in total. The van der Waals surface area contributed by atoms with Crippen LogP contribution in [-0.2, 0) is 0 Å². The molecule has 1 aromatic carbocycles. The number of carbonyl (C=O) groups is 1. The Morgan fingerprint density at radius 1 is 1.32 bits per heavy atom. The van der Waals surface area contributed by atoms with Crippen molar-refractivity contribution in [3.05, 3.63) is 64.2 Å². The molecule has 3 heterocycles. The van der Waals surface area contributed by atoms with E-state index < -0.39 is 11.4 Å². The quantitative estimate of drug-likeness (QED) is 0.752. The van der Waals surface area contributed by atoms with E-state index in [2.05, 4.69) is 15.0 Å². The Balaban J connectivity index is 1.69. The Bertz CT molecular complexity index is 980. The molecule has 0 radical (unpaired) electrons. The fraction of sp³-hybridized carbons (Fsp3) is 0.278. The number of nitrogens with one attached hydrogen (secondary N) is 2. The van der Waals surface area contributed by atoms with Crippen molar-refractivity contribution >= 4 is 16.8 Å². The fourth-order valence-corrected chi connectivity index (χ4v) is 3.47. The Morgan fingerprint density at radius 3 is 3.00 bits per heavy atom. The average molecular weight is 340 g/mol. The summed E-state index contributed by atoms with van der Waals surface area (Å²) in [7, 11) is 0. The third-order valence-electron chi connectivity index (χ3n) is 4.65. The van der Waals surface area contributed by atoms with Gasteiger partial charge in [0.2, 0.25) is 5.56 Å². The van der Waals surface area contributed by atoms with Crippen LogP contribution in [0, 0.1) is 5.82 Å². The molecular weight excluding hydrogens is 323 g/mol. The number of imidazole rings is 1. The second-order valence-electron chi connectivity index (χ2n) is 6.30. The SMILES string of the molecule is O=C(c1cc(=O)[nH]c2cc(F)ccc12)N1CCCC(c2ncc[nH]2)C1. The molecule has 0 bridgehead atoms. The number of fused-ring (bicyclic) bond motifs is 1. The molecule has 7 heteroatoms. The first-order valence-electron chi connectivity index (χ1n) is 8.23. The third kappa shape index (κ3) is 2.93. The zero-order valence-electron chi connectivity index (χ0n) is 13.5. The summed E-state index contributed by atoms with van der Waals surface area (Å²) in [6, 6.07) is 5.34. The van der Waals surface area contributed by atoms with Gasteiger partial charge in [-0.05, 0) is 31.0 Å². The molecule has 0 spiro atoms. The highest BCUT2D eigenvalue weighted by atomic mass is 19.1. The highest BCUT2D eigenvalue weighted by Gasteiger charge is 2.27. The molecule has 1 saturated heterocycles. The maximum absolute atomic E-state index is 13.4. The number of aromatic amines is 2. The number of halogens is 1. The summed E-state index contributed by atoms with van der Waals surface area (Å²) >= 11 is 0. The van der Waals surface area contributed by atoms with Gasteiger partial charge >= 0.3 is 0 Å². The van der Waals surface area contributed by atoms with Gasteiger partial charge in [0.15, 0.2) is 0 Å². The van der Waals surface area contributed by atoms with Gasteiger partial charge in [-0.3, -0.25) is 9.59 Å². The normalized spacial score (nSPS) is 17.8. The lowest BCUT2D eigenvalue weighted by atomic mass is 9.96. The van der Waals surface area contributed by atoms with Crippen LogP contribution >= 0.6 is 0 Å². The van der Waals surface area contributed by atoms with Crippen LogP contribution in [0.3, 0.4) is 0 Å². The fourth-order valence-electron chi connectivity index (χ4n) is 3.47. The molecular formula is C18H17FN4O2. The van der Waals surface area contributed by atoms with Crippen molar-refractivity contribution in [3.63, 3.8) is 0 Å². The maximum Gasteiger partial charge on any atom is 0.254 e. The number of carbonyl (C=O) groups excluding carboxylic acids is 1. The largest absolute Gasteiger partial charge is 0.348 e. The number of H-pyrrole nitrogens is 2. The van der Waals surface area contributed by atoms with Gasteiger partial charge in [0.25, 0.3) is 5.91 Å². The van der Waals surface area contributed by atoms with E-state index in [4.69, 9.17) is 0 Å². The first-order chi connectivity index (χ1) is 12.1. The number of nitrogens with zero attached hydrogens (tertiary/aromatic N) is 2. The summed E-state index contributed by atoms with van der Waals surface area (Å²) in [5.74, 6) is 0.358. The van der Waals surface area contributed by atoms with Crippen molar-refractivity contribution in [1.29, 1.82) is 0 Å². The zero-order chi connectivity index (χ0) is 17.4. The van der Waals surface area contributed by atoms with Gasteiger partial charge in [-0.1, -0.05) is 0 Å². The predicted octanol–water partition coefficient (Wildman–Crippen LogP) is 2.41. The van der Waals surface area contributed by atoms with E-state index in [1.54, 1.807) is 17.3 Å².